The molecule has 0 bridgehead atoms. The first-order valence-corrected chi connectivity index (χ1v) is 5.98. The lowest BCUT2D eigenvalue weighted by Gasteiger charge is -2.11. The van der Waals surface area contributed by atoms with Crippen LogP contribution in [0.3, 0.4) is 0 Å². The molecule has 0 amide bonds. The summed E-state index contributed by atoms with van der Waals surface area (Å²) in [5.41, 5.74) is 6.05. The number of hydrogen-bond acceptors (Lipinski definition) is 3. The van der Waals surface area contributed by atoms with Crippen molar-refractivity contribution in [3.8, 4) is 0 Å². The van der Waals surface area contributed by atoms with Gasteiger partial charge in [0, 0.05) is 9.99 Å². The molecule has 0 radical (unpaired) electrons. The van der Waals surface area contributed by atoms with Gasteiger partial charge >= 0.3 is 5.97 Å². The minimum absolute atomic E-state index is 0.154. The molecule has 0 saturated carbocycles. The van der Waals surface area contributed by atoms with E-state index >= 15 is 0 Å². The van der Waals surface area contributed by atoms with Gasteiger partial charge in [-0.25, -0.2) is 4.39 Å². The highest BCUT2D eigenvalue weighted by atomic mass is 127. The van der Waals surface area contributed by atoms with Crippen molar-refractivity contribution in [2.75, 3.05) is 6.61 Å². The molecule has 88 valence electrons. The minimum Gasteiger partial charge on any atom is -0.465 e. The number of carbonyl (C=O) groups excluding carboxylic acids is 1. The van der Waals surface area contributed by atoms with E-state index in [2.05, 4.69) is 22.6 Å². The summed E-state index contributed by atoms with van der Waals surface area (Å²) in [6.07, 6.45) is 0.154. The number of carbonyl (C=O) groups is 1. The molecule has 16 heavy (non-hydrogen) atoms. The van der Waals surface area contributed by atoms with Crippen molar-refractivity contribution in [3.05, 3.63) is 33.1 Å². The summed E-state index contributed by atoms with van der Waals surface area (Å²) in [6.45, 7) is 1.98. The van der Waals surface area contributed by atoms with Crippen molar-refractivity contribution in [1.82, 2.24) is 0 Å². The summed E-state index contributed by atoms with van der Waals surface area (Å²) in [5.74, 6) is -0.846. The van der Waals surface area contributed by atoms with Gasteiger partial charge in [-0.2, -0.15) is 0 Å². The largest absolute Gasteiger partial charge is 0.465 e. The van der Waals surface area contributed by atoms with E-state index in [1.54, 1.807) is 19.1 Å². The van der Waals surface area contributed by atoms with Gasteiger partial charge in [0.25, 0.3) is 0 Å². The Labute approximate surface area is 107 Å². The van der Waals surface area contributed by atoms with Gasteiger partial charge in [0.05, 0.1) is 6.61 Å². The van der Waals surface area contributed by atoms with E-state index in [0.29, 0.717) is 5.56 Å². The van der Waals surface area contributed by atoms with Crippen LogP contribution in [0.2, 0.25) is 0 Å². The molecule has 0 aliphatic rings. The Morgan fingerprint density at radius 1 is 1.62 bits per heavy atom. The molecule has 1 unspecified atom stereocenters. The van der Waals surface area contributed by atoms with E-state index < -0.39 is 12.0 Å². The van der Waals surface area contributed by atoms with Crippen molar-refractivity contribution in [3.63, 3.8) is 0 Å². The van der Waals surface area contributed by atoms with Crippen LogP contribution in [0.25, 0.3) is 0 Å². The second kappa shape index (κ2) is 6.15. The van der Waals surface area contributed by atoms with E-state index in [0.717, 1.165) is 3.57 Å². The van der Waals surface area contributed by atoms with E-state index in [1.807, 2.05) is 0 Å². The van der Waals surface area contributed by atoms with Gasteiger partial charge in [-0.3, -0.25) is 4.79 Å². The number of halogens is 2. The third kappa shape index (κ3) is 3.71. The molecule has 0 aliphatic heterocycles. The van der Waals surface area contributed by atoms with E-state index in [-0.39, 0.29) is 18.8 Å². The monoisotopic (exact) mass is 337 g/mol. The van der Waals surface area contributed by atoms with E-state index in [1.165, 1.54) is 6.07 Å². The summed E-state index contributed by atoms with van der Waals surface area (Å²) in [4.78, 5) is 11.3. The predicted molar refractivity (Wildman–Crippen MR) is 67.4 cm³/mol. The Morgan fingerprint density at radius 3 is 2.94 bits per heavy atom. The van der Waals surface area contributed by atoms with Crippen molar-refractivity contribution < 1.29 is 13.9 Å². The second-order valence-corrected chi connectivity index (χ2v) is 4.54. The van der Waals surface area contributed by atoms with Gasteiger partial charge in [-0.1, -0.05) is 0 Å². The number of esters is 1. The van der Waals surface area contributed by atoms with Gasteiger partial charge in [-0.05, 0) is 53.3 Å². The maximum Gasteiger partial charge on any atom is 0.323 e. The van der Waals surface area contributed by atoms with Crippen LogP contribution < -0.4 is 5.73 Å². The topological polar surface area (TPSA) is 52.3 Å². The summed E-state index contributed by atoms with van der Waals surface area (Å²) >= 11 is 2.08. The fraction of sp³-hybridized carbons (Fsp3) is 0.364. The summed E-state index contributed by atoms with van der Waals surface area (Å²) in [5, 5.41) is 0. The molecule has 1 atom stereocenters. The zero-order valence-electron chi connectivity index (χ0n) is 8.87. The molecule has 1 rings (SSSR count). The average Bonchev–Trinajstić information content (AvgIpc) is 2.23. The Kier molecular flexibility index (Phi) is 5.14. The van der Waals surface area contributed by atoms with Gasteiger partial charge in [-0.15, -0.1) is 0 Å². The lowest BCUT2D eigenvalue weighted by molar-refractivity contribution is -0.144. The van der Waals surface area contributed by atoms with Crippen molar-refractivity contribution in [2.24, 2.45) is 5.73 Å². The van der Waals surface area contributed by atoms with E-state index in [4.69, 9.17) is 10.5 Å². The molecule has 0 aliphatic carbocycles. The Morgan fingerprint density at radius 2 is 2.31 bits per heavy atom. The third-order valence-electron chi connectivity index (χ3n) is 2.04. The van der Waals surface area contributed by atoms with Crippen LogP contribution in [0.4, 0.5) is 4.39 Å². The fourth-order valence-corrected chi connectivity index (χ4v) is 1.82. The molecule has 1 aromatic rings. The first-order chi connectivity index (χ1) is 7.54. The second-order valence-electron chi connectivity index (χ2n) is 3.30. The van der Waals surface area contributed by atoms with Gasteiger partial charge in [0.2, 0.25) is 0 Å². The van der Waals surface area contributed by atoms with Gasteiger partial charge in [0.15, 0.2) is 0 Å². The Balaban J connectivity index is 2.72. The lowest BCUT2D eigenvalue weighted by atomic mass is 10.1. The highest BCUT2D eigenvalue weighted by Crippen LogP contribution is 2.14. The van der Waals surface area contributed by atoms with E-state index in [9.17, 15) is 9.18 Å². The predicted octanol–water partition coefficient (Wildman–Crippen LogP) is 1.86. The van der Waals surface area contributed by atoms with Crippen LogP contribution in [0.1, 0.15) is 12.5 Å². The molecule has 0 saturated heterocycles. The average molecular weight is 337 g/mol. The zero-order chi connectivity index (χ0) is 12.1. The van der Waals surface area contributed by atoms with Crippen LogP contribution in [0, 0.1) is 9.39 Å². The lowest BCUT2D eigenvalue weighted by Crippen LogP contribution is -2.34. The molecule has 3 nitrogen and oxygen atoms in total. The number of benzene rings is 1. The molecule has 0 fully saturated rings. The standard InChI is InChI=1S/C11H13FINO2/c1-2-16-11(15)10(14)6-7-5-8(13)3-4-9(7)12/h3-5,10H,2,6,14H2,1H3. The molecular weight excluding hydrogens is 324 g/mol. The van der Waals surface area contributed by atoms with Crippen LogP contribution in [0.15, 0.2) is 18.2 Å². The van der Waals surface area contributed by atoms with Crippen molar-refractivity contribution >= 4 is 28.6 Å². The maximum absolute atomic E-state index is 13.4. The Bertz CT molecular complexity index is 384. The maximum atomic E-state index is 13.4. The normalized spacial score (nSPS) is 12.2. The fourth-order valence-electron chi connectivity index (χ4n) is 1.27. The summed E-state index contributed by atoms with van der Waals surface area (Å²) in [6, 6.07) is 3.90. The molecule has 5 heteroatoms. The molecule has 1 aromatic carbocycles. The van der Waals surface area contributed by atoms with Gasteiger partial charge in [0.1, 0.15) is 11.9 Å². The number of ether oxygens (including phenoxy) is 1. The van der Waals surface area contributed by atoms with Crippen LogP contribution >= 0.6 is 22.6 Å². The van der Waals surface area contributed by atoms with Gasteiger partial charge < -0.3 is 10.5 Å². The smallest absolute Gasteiger partial charge is 0.323 e. The minimum atomic E-state index is -0.812. The first-order valence-electron chi connectivity index (χ1n) is 4.90. The molecule has 0 heterocycles. The van der Waals surface area contributed by atoms with Crippen LogP contribution in [-0.4, -0.2) is 18.6 Å². The quantitative estimate of drug-likeness (QED) is 0.674. The highest BCUT2D eigenvalue weighted by molar-refractivity contribution is 14.1. The van der Waals surface area contributed by atoms with Crippen LogP contribution in [-0.2, 0) is 16.0 Å². The molecule has 0 aromatic heterocycles. The molecule has 0 spiro atoms. The summed E-state index contributed by atoms with van der Waals surface area (Å²) in [7, 11) is 0. The molecule has 2 N–H and O–H groups in total. The molecular formula is C11H13FINO2. The SMILES string of the molecule is CCOC(=O)C(N)Cc1cc(I)ccc1F. The van der Waals surface area contributed by atoms with Crippen LogP contribution in [0.5, 0.6) is 0 Å². The Hall–Kier alpha value is -0.690. The third-order valence-corrected chi connectivity index (χ3v) is 2.71. The highest BCUT2D eigenvalue weighted by Gasteiger charge is 2.17. The summed E-state index contributed by atoms with van der Waals surface area (Å²) < 4.78 is 19.0. The van der Waals surface area contributed by atoms with Crippen molar-refractivity contribution in [2.45, 2.75) is 19.4 Å². The first kappa shape index (κ1) is 13.4. The number of hydrogen-bond donors (Lipinski definition) is 1. The number of nitrogens with two attached hydrogens (primary N) is 1. The number of rotatable bonds is 4. The van der Waals surface area contributed by atoms with Crippen molar-refractivity contribution in [1.29, 1.82) is 0 Å². The zero-order valence-corrected chi connectivity index (χ0v) is 11.0.